The van der Waals surface area contributed by atoms with Gasteiger partial charge in [0, 0.05) is 12.2 Å². The van der Waals surface area contributed by atoms with Crippen LogP contribution in [0.2, 0.25) is 0 Å². The van der Waals surface area contributed by atoms with Gasteiger partial charge < -0.3 is 5.73 Å². The Kier molecular flexibility index (Phi) is 5.00. The summed E-state index contributed by atoms with van der Waals surface area (Å²) in [4.78, 5) is 0. The van der Waals surface area contributed by atoms with Gasteiger partial charge in [0.25, 0.3) is 0 Å². The van der Waals surface area contributed by atoms with Gasteiger partial charge in [-0.15, -0.1) is 0 Å². The van der Waals surface area contributed by atoms with E-state index in [1.807, 2.05) is 0 Å². The van der Waals surface area contributed by atoms with Crippen molar-refractivity contribution in [1.29, 1.82) is 0 Å². The molecular weight excluding hydrogens is 198 g/mol. The van der Waals surface area contributed by atoms with Crippen LogP contribution in [-0.4, -0.2) is 16.3 Å². The summed E-state index contributed by atoms with van der Waals surface area (Å²) in [6.07, 6.45) is 3.42. The Hall–Kier alpha value is -0.830. The molecular formula is C13H25N3. The molecule has 0 aliphatic rings. The monoisotopic (exact) mass is 223 g/mol. The first kappa shape index (κ1) is 13.2. The van der Waals surface area contributed by atoms with Crippen molar-refractivity contribution in [2.75, 3.05) is 6.54 Å². The molecule has 0 saturated heterocycles. The second kappa shape index (κ2) is 6.04. The fourth-order valence-electron chi connectivity index (χ4n) is 2.11. The quantitative estimate of drug-likeness (QED) is 0.805. The molecule has 0 saturated carbocycles. The zero-order chi connectivity index (χ0) is 12.1. The van der Waals surface area contributed by atoms with Crippen molar-refractivity contribution in [2.45, 2.75) is 53.5 Å². The van der Waals surface area contributed by atoms with Crippen LogP contribution in [0.25, 0.3) is 0 Å². The third-order valence-electron chi connectivity index (χ3n) is 3.08. The second-order valence-corrected chi connectivity index (χ2v) is 4.95. The van der Waals surface area contributed by atoms with Crippen molar-refractivity contribution in [3.8, 4) is 0 Å². The average Bonchev–Trinajstić information content (AvgIpc) is 2.46. The van der Waals surface area contributed by atoms with E-state index in [2.05, 4.69) is 37.5 Å². The van der Waals surface area contributed by atoms with E-state index in [-0.39, 0.29) is 0 Å². The van der Waals surface area contributed by atoms with Gasteiger partial charge in [-0.25, -0.2) is 0 Å². The van der Waals surface area contributed by atoms with E-state index in [4.69, 9.17) is 5.73 Å². The standard InChI is InChI=1S/C13H25N3/c1-10(2)6-5-9-16-12(4)13(7-8-14)11(3)15-16/h10H,5-9,14H2,1-4H3. The van der Waals surface area contributed by atoms with E-state index in [1.165, 1.54) is 24.1 Å². The van der Waals surface area contributed by atoms with Crippen LogP contribution >= 0.6 is 0 Å². The minimum atomic E-state index is 0.708. The molecule has 0 bridgehead atoms. The topological polar surface area (TPSA) is 43.8 Å². The van der Waals surface area contributed by atoms with E-state index >= 15 is 0 Å². The SMILES string of the molecule is Cc1nn(CCCC(C)C)c(C)c1CCN. The average molecular weight is 223 g/mol. The smallest absolute Gasteiger partial charge is 0.0628 e. The summed E-state index contributed by atoms with van der Waals surface area (Å²) in [7, 11) is 0. The number of rotatable bonds is 6. The fourth-order valence-corrected chi connectivity index (χ4v) is 2.11. The molecule has 3 heteroatoms. The van der Waals surface area contributed by atoms with Gasteiger partial charge in [-0.1, -0.05) is 13.8 Å². The number of hydrogen-bond acceptors (Lipinski definition) is 2. The number of hydrogen-bond donors (Lipinski definition) is 1. The van der Waals surface area contributed by atoms with E-state index < -0.39 is 0 Å². The van der Waals surface area contributed by atoms with Crippen LogP contribution < -0.4 is 5.73 Å². The lowest BCUT2D eigenvalue weighted by Crippen LogP contribution is -2.06. The lowest BCUT2D eigenvalue weighted by atomic mass is 10.1. The zero-order valence-corrected chi connectivity index (χ0v) is 11.1. The molecule has 0 amide bonds. The van der Waals surface area contributed by atoms with Crippen molar-refractivity contribution in [3.63, 3.8) is 0 Å². The first-order chi connectivity index (χ1) is 7.56. The van der Waals surface area contributed by atoms with Crippen LogP contribution in [0.4, 0.5) is 0 Å². The summed E-state index contributed by atoms with van der Waals surface area (Å²) >= 11 is 0. The molecule has 1 rings (SSSR count). The van der Waals surface area contributed by atoms with Gasteiger partial charge in [-0.2, -0.15) is 5.10 Å². The maximum atomic E-state index is 5.61. The maximum absolute atomic E-state index is 5.61. The third kappa shape index (κ3) is 3.34. The first-order valence-electron chi connectivity index (χ1n) is 6.29. The van der Waals surface area contributed by atoms with Crippen LogP contribution in [0, 0.1) is 19.8 Å². The predicted octanol–water partition coefficient (Wildman–Crippen LogP) is 2.44. The van der Waals surface area contributed by atoms with Gasteiger partial charge in [0.15, 0.2) is 0 Å². The molecule has 0 fully saturated rings. The Balaban J connectivity index is 2.63. The Morgan fingerprint density at radius 3 is 2.56 bits per heavy atom. The van der Waals surface area contributed by atoms with Crippen molar-refractivity contribution in [1.82, 2.24) is 9.78 Å². The highest BCUT2D eigenvalue weighted by Gasteiger charge is 2.10. The number of nitrogens with zero attached hydrogens (tertiary/aromatic N) is 2. The number of aryl methyl sites for hydroxylation is 2. The van der Waals surface area contributed by atoms with Crippen LogP contribution in [0.3, 0.4) is 0 Å². The molecule has 1 aromatic heterocycles. The highest BCUT2D eigenvalue weighted by Crippen LogP contribution is 2.14. The molecule has 1 aromatic rings. The predicted molar refractivity (Wildman–Crippen MR) is 68.5 cm³/mol. The van der Waals surface area contributed by atoms with Crippen molar-refractivity contribution in [3.05, 3.63) is 17.0 Å². The van der Waals surface area contributed by atoms with Crippen molar-refractivity contribution >= 4 is 0 Å². The summed E-state index contributed by atoms with van der Waals surface area (Å²) in [5, 5.41) is 4.59. The van der Waals surface area contributed by atoms with Crippen LogP contribution in [0.5, 0.6) is 0 Å². The summed E-state index contributed by atoms with van der Waals surface area (Å²) in [6.45, 7) is 10.5. The number of aromatic nitrogens is 2. The molecule has 92 valence electrons. The zero-order valence-electron chi connectivity index (χ0n) is 11.1. The lowest BCUT2D eigenvalue weighted by Gasteiger charge is -2.07. The van der Waals surface area contributed by atoms with Gasteiger partial charge in [0.05, 0.1) is 5.69 Å². The summed E-state index contributed by atoms with van der Waals surface area (Å²) in [5.41, 5.74) is 9.39. The Labute approximate surface area is 99.0 Å². The Morgan fingerprint density at radius 2 is 2.00 bits per heavy atom. The molecule has 2 N–H and O–H groups in total. The van der Waals surface area contributed by atoms with Gasteiger partial charge in [0.1, 0.15) is 0 Å². The van der Waals surface area contributed by atoms with Crippen LogP contribution in [0.1, 0.15) is 43.6 Å². The minimum absolute atomic E-state index is 0.708. The fraction of sp³-hybridized carbons (Fsp3) is 0.769. The molecule has 0 aliphatic heterocycles. The highest BCUT2D eigenvalue weighted by atomic mass is 15.3. The first-order valence-corrected chi connectivity index (χ1v) is 6.29. The van der Waals surface area contributed by atoms with Gasteiger partial charge >= 0.3 is 0 Å². The largest absolute Gasteiger partial charge is 0.330 e. The number of nitrogens with two attached hydrogens (primary N) is 1. The van der Waals surface area contributed by atoms with E-state index in [0.717, 1.165) is 24.6 Å². The van der Waals surface area contributed by atoms with Gasteiger partial charge in [-0.05, 0) is 51.1 Å². The summed E-state index contributed by atoms with van der Waals surface area (Å²) in [5.74, 6) is 0.778. The van der Waals surface area contributed by atoms with Gasteiger partial charge in [-0.3, -0.25) is 4.68 Å². The normalized spacial score (nSPS) is 11.4. The van der Waals surface area contributed by atoms with E-state index in [0.29, 0.717) is 6.54 Å². The molecule has 1 heterocycles. The van der Waals surface area contributed by atoms with Gasteiger partial charge in [0.2, 0.25) is 0 Å². The third-order valence-corrected chi connectivity index (χ3v) is 3.08. The minimum Gasteiger partial charge on any atom is -0.330 e. The van der Waals surface area contributed by atoms with Crippen molar-refractivity contribution in [2.24, 2.45) is 11.7 Å². The second-order valence-electron chi connectivity index (χ2n) is 4.95. The molecule has 0 aliphatic carbocycles. The van der Waals surface area contributed by atoms with Crippen molar-refractivity contribution < 1.29 is 0 Å². The summed E-state index contributed by atoms with van der Waals surface area (Å²) in [6, 6.07) is 0. The highest BCUT2D eigenvalue weighted by molar-refractivity contribution is 5.24. The Bertz CT molecular complexity index is 326. The van der Waals surface area contributed by atoms with Crippen LogP contribution in [0.15, 0.2) is 0 Å². The Morgan fingerprint density at radius 1 is 1.31 bits per heavy atom. The molecule has 0 aromatic carbocycles. The van der Waals surface area contributed by atoms with E-state index in [9.17, 15) is 0 Å². The van der Waals surface area contributed by atoms with E-state index in [1.54, 1.807) is 0 Å². The van der Waals surface area contributed by atoms with Crippen LogP contribution in [-0.2, 0) is 13.0 Å². The molecule has 16 heavy (non-hydrogen) atoms. The molecule has 0 unspecified atom stereocenters. The summed E-state index contributed by atoms with van der Waals surface area (Å²) < 4.78 is 2.14. The maximum Gasteiger partial charge on any atom is 0.0628 e. The molecule has 0 radical (unpaired) electrons. The molecule has 3 nitrogen and oxygen atoms in total. The lowest BCUT2D eigenvalue weighted by molar-refractivity contribution is 0.483. The molecule has 0 atom stereocenters. The molecule has 0 spiro atoms.